The first-order chi connectivity index (χ1) is 16.0. The third-order valence-corrected chi connectivity index (χ3v) is 5.63. The molecule has 0 saturated carbocycles. The molecule has 0 spiro atoms. The maximum Gasteiger partial charge on any atom is 0.278 e. The third kappa shape index (κ3) is 5.30. The molecule has 0 atom stereocenters. The van der Waals surface area contributed by atoms with E-state index in [9.17, 15) is 14.4 Å². The largest absolute Gasteiger partial charge is 0.375 e. The van der Waals surface area contributed by atoms with E-state index in [1.807, 2.05) is 60.7 Å². The summed E-state index contributed by atoms with van der Waals surface area (Å²) in [5.74, 6) is -1.14. The zero-order valence-corrected chi connectivity index (χ0v) is 18.5. The summed E-state index contributed by atoms with van der Waals surface area (Å²) in [5, 5.41) is 5.74. The number of amides is 3. The van der Waals surface area contributed by atoms with Gasteiger partial charge in [0.15, 0.2) is 0 Å². The van der Waals surface area contributed by atoms with Gasteiger partial charge in [0.2, 0.25) is 0 Å². The highest BCUT2D eigenvalue weighted by Gasteiger charge is 2.37. The van der Waals surface area contributed by atoms with Crippen molar-refractivity contribution < 1.29 is 14.4 Å². The van der Waals surface area contributed by atoms with Crippen LogP contribution in [0.1, 0.15) is 27.0 Å². The molecule has 4 rings (SSSR count). The summed E-state index contributed by atoms with van der Waals surface area (Å²) >= 11 is 6.15. The number of halogens is 1. The molecule has 3 aromatic rings. The van der Waals surface area contributed by atoms with Crippen LogP contribution >= 0.6 is 11.6 Å². The van der Waals surface area contributed by atoms with Gasteiger partial charge >= 0.3 is 0 Å². The Morgan fingerprint density at radius 1 is 0.727 bits per heavy atom. The first-order valence-corrected chi connectivity index (χ1v) is 10.9. The van der Waals surface area contributed by atoms with Crippen molar-refractivity contribution in [1.82, 2.24) is 15.5 Å². The van der Waals surface area contributed by atoms with E-state index in [2.05, 4.69) is 10.6 Å². The van der Waals surface area contributed by atoms with Crippen molar-refractivity contribution in [2.75, 3.05) is 0 Å². The molecule has 0 bridgehead atoms. The summed E-state index contributed by atoms with van der Waals surface area (Å²) in [7, 11) is 0. The average molecular weight is 460 g/mol. The van der Waals surface area contributed by atoms with E-state index in [-0.39, 0.29) is 29.7 Å². The zero-order valence-electron chi connectivity index (χ0n) is 17.8. The van der Waals surface area contributed by atoms with Gasteiger partial charge in [-0.2, -0.15) is 0 Å². The van der Waals surface area contributed by atoms with Crippen molar-refractivity contribution in [1.29, 1.82) is 0 Å². The van der Waals surface area contributed by atoms with Crippen LogP contribution in [0.3, 0.4) is 0 Å². The molecule has 2 N–H and O–H groups in total. The minimum Gasteiger partial charge on any atom is -0.375 e. The lowest BCUT2D eigenvalue weighted by Gasteiger charge is -2.15. The quantitative estimate of drug-likeness (QED) is 0.503. The average Bonchev–Trinajstić information content (AvgIpc) is 3.05. The molecule has 0 fully saturated rings. The first-order valence-electron chi connectivity index (χ1n) is 10.5. The molecular formula is C26H22ClN3O3. The standard InChI is InChI=1S/C26H22ClN3O3/c27-22-23(26(33)30(25(22)32)17-20-9-5-2-6-10-20)28-15-19-11-13-21(14-12-19)24(31)29-16-18-7-3-1-4-8-18/h1-14,28H,15-17H2,(H,29,31). The first kappa shape index (κ1) is 22.3. The van der Waals surface area contributed by atoms with Gasteiger partial charge in [-0.25, -0.2) is 0 Å². The number of nitrogens with one attached hydrogen (secondary N) is 2. The minimum atomic E-state index is -0.515. The lowest BCUT2D eigenvalue weighted by atomic mass is 10.1. The van der Waals surface area contributed by atoms with Crippen LogP contribution in [0.25, 0.3) is 0 Å². The number of hydrogen-bond acceptors (Lipinski definition) is 4. The van der Waals surface area contributed by atoms with E-state index in [1.54, 1.807) is 24.3 Å². The molecule has 0 aliphatic carbocycles. The summed E-state index contributed by atoms with van der Waals surface area (Å²) in [5.41, 5.74) is 3.32. The summed E-state index contributed by atoms with van der Waals surface area (Å²) in [6, 6.07) is 26.0. The Balaban J connectivity index is 1.33. The van der Waals surface area contributed by atoms with E-state index < -0.39 is 11.8 Å². The molecule has 6 nitrogen and oxygen atoms in total. The summed E-state index contributed by atoms with van der Waals surface area (Å²) in [4.78, 5) is 38.7. The van der Waals surface area contributed by atoms with Crippen molar-refractivity contribution >= 4 is 29.3 Å². The van der Waals surface area contributed by atoms with Crippen LogP contribution in [0.15, 0.2) is 95.7 Å². The number of carbonyl (C=O) groups excluding carboxylic acids is 3. The van der Waals surface area contributed by atoms with E-state index in [1.165, 1.54) is 0 Å². The van der Waals surface area contributed by atoms with Gasteiger partial charge in [-0.3, -0.25) is 19.3 Å². The van der Waals surface area contributed by atoms with Crippen LogP contribution in [-0.4, -0.2) is 22.6 Å². The van der Waals surface area contributed by atoms with Crippen LogP contribution in [0.5, 0.6) is 0 Å². The Kier molecular flexibility index (Phi) is 6.86. The monoisotopic (exact) mass is 459 g/mol. The SMILES string of the molecule is O=C(NCc1ccccc1)c1ccc(CNC2=C(Cl)C(=O)N(Cc3ccccc3)C2=O)cc1. The second-order valence-electron chi connectivity index (χ2n) is 7.59. The van der Waals surface area contributed by atoms with Crippen LogP contribution in [0, 0.1) is 0 Å². The van der Waals surface area contributed by atoms with Gasteiger partial charge in [-0.1, -0.05) is 84.4 Å². The molecule has 1 aliphatic heterocycles. The maximum atomic E-state index is 12.7. The Morgan fingerprint density at radius 3 is 1.94 bits per heavy atom. The lowest BCUT2D eigenvalue weighted by molar-refractivity contribution is -0.138. The Labute approximate surface area is 196 Å². The number of carbonyl (C=O) groups is 3. The number of benzene rings is 3. The van der Waals surface area contributed by atoms with E-state index in [4.69, 9.17) is 11.6 Å². The maximum absolute atomic E-state index is 12.7. The number of imide groups is 1. The van der Waals surface area contributed by atoms with Crippen molar-refractivity contribution in [2.45, 2.75) is 19.6 Å². The van der Waals surface area contributed by atoms with Crippen molar-refractivity contribution in [3.8, 4) is 0 Å². The van der Waals surface area contributed by atoms with Gasteiger partial charge in [0.1, 0.15) is 10.7 Å². The molecule has 7 heteroatoms. The highest BCUT2D eigenvalue weighted by atomic mass is 35.5. The fourth-order valence-corrected chi connectivity index (χ4v) is 3.70. The smallest absolute Gasteiger partial charge is 0.278 e. The molecular weight excluding hydrogens is 438 g/mol. The Morgan fingerprint density at radius 2 is 1.30 bits per heavy atom. The van der Waals surface area contributed by atoms with Crippen molar-refractivity contribution in [3.63, 3.8) is 0 Å². The molecule has 166 valence electrons. The number of rotatable bonds is 8. The molecule has 33 heavy (non-hydrogen) atoms. The molecule has 1 heterocycles. The van der Waals surface area contributed by atoms with Crippen molar-refractivity contribution in [3.05, 3.63) is 118 Å². The fourth-order valence-electron chi connectivity index (χ4n) is 3.45. The normalized spacial score (nSPS) is 13.4. The Bertz CT molecular complexity index is 1190. The van der Waals surface area contributed by atoms with E-state index in [0.717, 1.165) is 21.6 Å². The topological polar surface area (TPSA) is 78.5 Å². The Hall–Kier alpha value is -3.90. The van der Waals surface area contributed by atoms with Crippen LogP contribution in [0.4, 0.5) is 0 Å². The predicted octanol–water partition coefficient (Wildman–Crippen LogP) is 3.73. The third-order valence-electron chi connectivity index (χ3n) is 5.28. The van der Waals surface area contributed by atoms with Gasteiger partial charge in [-0.15, -0.1) is 0 Å². The molecule has 1 aliphatic rings. The molecule has 0 unspecified atom stereocenters. The van der Waals surface area contributed by atoms with Crippen LogP contribution in [-0.2, 0) is 29.2 Å². The summed E-state index contributed by atoms with van der Waals surface area (Å²) in [6.07, 6.45) is 0. The van der Waals surface area contributed by atoms with Crippen LogP contribution < -0.4 is 10.6 Å². The second-order valence-corrected chi connectivity index (χ2v) is 7.97. The second kappa shape index (κ2) is 10.1. The van der Waals surface area contributed by atoms with Gasteiger partial charge < -0.3 is 10.6 Å². The predicted molar refractivity (Wildman–Crippen MR) is 126 cm³/mol. The van der Waals surface area contributed by atoms with E-state index >= 15 is 0 Å². The zero-order chi connectivity index (χ0) is 23.2. The minimum absolute atomic E-state index is 0.0854. The highest BCUT2D eigenvalue weighted by Crippen LogP contribution is 2.24. The molecule has 3 aromatic carbocycles. The fraction of sp³-hybridized carbons (Fsp3) is 0.115. The van der Waals surface area contributed by atoms with E-state index in [0.29, 0.717) is 12.1 Å². The van der Waals surface area contributed by atoms with Gasteiger partial charge in [0.05, 0.1) is 6.54 Å². The van der Waals surface area contributed by atoms with Crippen molar-refractivity contribution in [2.24, 2.45) is 0 Å². The van der Waals surface area contributed by atoms with Gasteiger partial charge in [0, 0.05) is 18.7 Å². The van der Waals surface area contributed by atoms with Crippen LogP contribution in [0.2, 0.25) is 0 Å². The van der Waals surface area contributed by atoms with Gasteiger partial charge in [0.25, 0.3) is 17.7 Å². The molecule has 0 radical (unpaired) electrons. The summed E-state index contributed by atoms with van der Waals surface area (Å²) in [6.45, 7) is 0.896. The molecule has 3 amide bonds. The lowest BCUT2D eigenvalue weighted by Crippen LogP contribution is -2.33. The van der Waals surface area contributed by atoms with Gasteiger partial charge in [-0.05, 0) is 28.8 Å². The molecule has 0 aromatic heterocycles. The highest BCUT2D eigenvalue weighted by molar-refractivity contribution is 6.47. The number of nitrogens with zero attached hydrogens (tertiary/aromatic N) is 1. The summed E-state index contributed by atoms with van der Waals surface area (Å²) < 4.78 is 0. The number of hydrogen-bond donors (Lipinski definition) is 2. The molecule has 0 saturated heterocycles.